The van der Waals surface area contributed by atoms with Crippen molar-refractivity contribution in [2.75, 3.05) is 26.2 Å². The van der Waals surface area contributed by atoms with Crippen molar-refractivity contribution in [2.24, 2.45) is 0 Å². The van der Waals surface area contributed by atoms with Crippen molar-refractivity contribution in [1.29, 1.82) is 0 Å². The Balaban J connectivity index is 1.22. The van der Waals surface area contributed by atoms with Gasteiger partial charge in [0.1, 0.15) is 5.75 Å². The SMILES string of the molecule is O=C(c1ccc(Oc2ccc(Br)cc2)c(F)c1)N1CCN(S(=O)(=O)c2ccc(-c3nn[nH]n3)cc2)CC1. The van der Waals surface area contributed by atoms with E-state index in [1.54, 1.807) is 36.4 Å². The summed E-state index contributed by atoms with van der Waals surface area (Å²) in [5.41, 5.74) is 0.789. The molecule has 1 N–H and O–H groups in total. The molecule has 1 saturated heterocycles. The van der Waals surface area contributed by atoms with Gasteiger partial charge in [-0.05, 0) is 71.9 Å². The Kier molecular flexibility index (Phi) is 7.00. The molecule has 1 fully saturated rings. The van der Waals surface area contributed by atoms with Gasteiger partial charge in [0.05, 0.1) is 4.90 Å². The molecule has 0 atom stereocenters. The highest BCUT2D eigenvalue weighted by molar-refractivity contribution is 9.10. The van der Waals surface area contributed by atoms with Gasteiger partial charge >= 0.3 is 0 Å². The molecule has 1 amide bonds. The van der Waals surface area contributed by atoms with Gasteiger partial charge in [-0.25, -0.2) is 12.8 Å². The summed E-state index contributed by atoms with van der Waals surface area (Å²) in [6, 6.07) is 17.1. The summed E-state index contributed by atoms with van der Waals surface area (Å²) in [6.07, 6.45) is 0. The van der Waals surface area contributed by atoms with Crippen LogP contribution in [0.1, 0.15) is 10.4 Å². The minimum atomic E-state index is -3.75. The second kappa shape index (κ2) is 10.4. The van der Waals surface area contributed by atoms with Gasteiger partial charge in [0, 0.05) is 41.8 Å². The number of hydrogen-bond acceptors (Lipinski definition) is 7. The van der Waals surface area contributed by atoms with Gasteiger partial charge in [-0.1, -0.05) is 15.9 Å². The Morgan fingerprint density at radius 1 is 0.973 bits per heavy atom. The van der Waals surface area contributed by atoms with E-state index in [1.807, 2.05) is 0 Å². The molecule has 0 aliphatic carbocycles. The summed E-state index contributed by atoms with van der Waals surface area (Å²) in [6.45, 7) is 0.595. The topological polar surface area (TPSA) is 121 Å². The van der Waals surface area contributed by atoms with Gasteiger partial charge in [-0.15, -0.1) is 10.2 Å². The third-order valence-electron chi connectivity index (χ3n) is 5.84. The number of halogens is 2. The van der Waals surface area contributed by atoms with Crippen LogP contribution < -0.4 is 4.74 Å². The van der Waals surface area contributed by atoms with Gasteiger partial charge in [0.15, 0.2) is 11.6 Å². The standard InChI is InChI=1S/C24H20BrFN6O4S/c25-18-4-6-19(7-5-18)36-22-10-3-17(15-21(22)26)24(33)31-11-13-32(14-12-31)37(34,35)20-8-1-16(2-9-20)23-27-29-30-28-23/h1-10,15H,11-14H2,(H,27,28,29,30). The zero-order valence-electron chi connectivity index (χ0n) is 19.2. The highest BCUT2D eigenvalue weighted by Gasteiger charge is 2.30. The van der Waals surface area contributed by atoms with Crippen LogP contribution in [0, 0.1) is 5.82 Å². The molecule has 5 rings (SSSR count). The molecule has 0 saturated carbocycles. The lowest BCUT2D eigenvalue weighted by atomic mass is 10.1. The normalized spacial score (nSPS) is 14.5. The molecule has 37 heavy (non-hydrogen) atoms. The van der Waals surface area contributed by atoms with Crippen LogP contribution in [0.3, 0.4) is 0 Å². The van der Waals surface area contributed by atoms with Crippen LogP contribution in [-0.2, 0) is 10.0 Å². The molecule has 190 valence electrons. The summed E-state index contributed by atoms with van der Waals surface area (Å²) in [7, 11) is -3.75. The smallest absolute Gasteiger partial charge is 0.254 e. The first-order valence-electron chi connectivity index (χ1n) is 11.2. The second-order valence-electron chi connectivity index (χ2n) is 8.16. The monoisotopic (exact) mass is 586 g/mol. The van der Waals surface area contributed by atoms with E-state index in [9.17, 15) is 17.6 Å². The highest BCUT2D eigenvalue weighted by Crippen LogP contribution is 2.27. The van der Waals surface area contributed by atoms with Crippen LogP contribution in [0.5, 0.6) is 11.5 Å². The second-order valence-corrected chi connectivity index (χ2v) is 11.0. The number of aromatic nitrogens is 4. The fraction of sp³-hybridized carbons (Fsp3) is 0.167. The van der Waals surface area contributed by atoms with E-state index in [0.717, 1.165) is 10.5 Å². The van der Waals surface area contributed by atoms with Gasteiger partial charge in [-0.3, -0.25) is 4.79 Å². The third-order valence-corrected chi connectivity index (χ3v) is 8.28. The minimum absolute atomic E-state index is 0.000126. The Labute approximate surface area is 220 Å². The Morgan fingerprint density at radius 3 is 2.30 bits per heavy atom. The number of nitrogens with one attached hydrogen (secondary N) is 1. The predicted octanol–water partition coefficient (Wildman–Crippen LogP) is 3.71. The van der Waals surface area contributed by atoms with Gasteiger partial charge < -0.3 is 9.64 Å². The summed E-state index contributed by atoms with van der Waals surface area (Å²) in [4.78, 5) is 14.6. The number of ether oxygens (including phenoxy) is 1. The number of aromatic amines is 1. The average Bonchev–Trinajstić information content (AvgIpc) is 3.46. The van der Waals surface area contributed by atoms with Crippen molar-refractivity contribution in [3.05, 3.63) is 82.6 Å². The number of H-pyrrole nitrogens is 1. The number of benzene rings is 3. The Bertz CT molecular complexity index is 1510. The number of carbonyl (C=O) groups is 1. The molecule has 4 aromatic rings. The largest absolute Gasteiger partial charge is 0.454 e. The third kappa shape index (κ3) is 5.38. The fourth-order valence-electron chi connectivity index (χ4n) is 3.87. The van der Waals surface area contributed by atoms with E-state index in [2.05, 4.69) is 36.6 Å². The first kappa shape index (κ1) is 25.0. The predicted molar refractivity (Wildman–Crippen MR) is 135 cm³/mol. The van der Waals surface area contributed by atoms with Crippen LogP contribution >= 0.6 is 15.9 Å². The van der Waals surface area contributed by atoms with Crippen LogP contribution in [0.25, 0.3) is 11.4 Å². The minimum Gasteiger partial charge on any atom is -0.454 e. The molecule has 3 aromatic carbocycles. The van der Waals surface area contributed by atoms with Crippen LogP contribution in [0.2, 0.25) is 0 Å². The number of nitrogens with zero attached hydrogens (tertiary/aromatic N) is 5. The maximum Gasteiger partial charge on any atom is 0.254 e. The van der Waals surface area contributed by atoms with Crippen LogP contribution in [0.15, 0.2) is 76.1 Å². The van der Waals surface area contributed by atoms with Gasteiger partial charge in [0.25, 0.3) is 5.91 Å². The van der Waals surface area contributed by atoms with Crippen molar-refractivity contribution in [3.63, 3.8) is 0 Å². The van der Waals surface area contributed by atoms with Crippen molar-refractivity contribution in [1.82, 2.24) is 29.8 Å². The summed E-state index contributed by atoms with van der Waals surface area (Å²) < 4.78 is 48.6. The Hall–Kier alpha value is -3.68. The van der Waals surface area contributed by atoms with Gasteiger partial charge in [0.2, 0.25) is 15.8 Å². The highest BCUT2D eigenvalue weighted by atomic mass is 79.9. The lowest BCUT2D eigenvalue weighted by Gasteiger charge is -2.34. The Morgan fingerprint density at radius 2 is 1.68 bits per heavy atom. The zero-order valence-corrected chi connectivity index (χ0v) is 21.6. The molecule has 0 radical (unpaired) electrons. The number of sulfonamides is 1. The molecule has 0 bridgehead atoms. The molecule has 13 heteroatoms. The molecular formula is C24H20BrFN6O4S. The van der Waals surface area contributed by atoms with E-state index in [1.165, 1.54) is 33.5 Å². The molecule has 2 heterocycles. The maximum absolute atomic E-state index is 14.7. The summed E-state index contributed by atoms with van der Waals surface area (Å²) >= 11 is 3.33. The van der Waals surface area contributed by atoms with E-state index in [0.29, 0.717) is 17.1 Å². The van der Waals surface area contributed by atoms with Crippen LogP contribution in [0.4, 0.5) is 4.39 Å². The molecule has 0 unspecified atom stereocenters. The van der Waals surface area contributed by atoms with Crippen molar-refractivity contribution in [2.45, 2.75) is 4.90 Å². The van der Waals surface area contributed by atoms with E-state index < -0.39 is 15.8 Å². The molecule has 1 aliphatic heterocycles. The van der Waals surface area contributed by atoms with Crippen molar-refractivity contribution in [3.8, 4) is 22.9 Å². The van der Waals surface area contributed by atoms with Crippen LogP contribution in [-0.4, -0.2) is 70.3 Å². The first-order valence-corrected chi connectivity index (χ1v) is 13.4. The average molecular weight is 587 g/mol. The molecule has 1 aliphatic rings. The van der Waals surface area contributed by atoms with E-state index >= 15 is 0 Å². The van der Waals surface area contributed by atoms with Gasteiger partial charge in [-0.2, -0.15) is 9.52 Å². The molecule has 0 spiro atoms. The number of tetrazole rings is 1. The quantitative estimate of drug-likeness (QED) is 0.365. The lowest BCUT2D eigenvalue weighted by Crippen LogP contribution is -2.50. The number of piperazine rings is 1. The number of rotatable bonds is 6. The molecule has 10 nitrogen and oxygen atoms in total. The van der Waals surface area contributed by atoms with E-state index in [4.69, 9.17) is 4.74 Å². The first-order chi connectivity index (χ1) is 17.8. The van der Waals surface area contributed by atoms with Crippen molar-refractivity contribution < 1.29 is 22.3 Å². The summed E-state index contributed by atoms with van der Waals surface area (Å²) in [5, 5.41) is 13.6. The lowest BCUT2D eigenvalue weighted by molar-refractivity contribution is 0.0697. The molecular weight excluding hydrogens is 567 g/mol. The maximum atomic E-state index is 14.7. The molecule has 1 aromatic heterocycles. The van der Waals surface area contributed by atoms with Crippen molar-refractivity contribution >= 4 is 31.9 Å². The zero-order chi connectivity index (χ0) is 26.0. The number of carbonyl (C=O) groups excluding carboxylic acids is 1. The number of hydrogen-bond donors (Lipinski definition) is 1. The fourth-order valence-corrected chi connectivity index (χ4v) is 5.56. The number of amides is 1. The summed E-state index contributed by atoms with van der Waals surface area (Å²) in [5.74, 6) is -0.224. The van der Waals surface area contributed by atoms with E-state index in [-0.39, 0.29) is 48.3 Å².